The Morgan fingerprint density at radius 2 is 1.89 bits per heavy atom. The van der Waals surface area contributed by atoms with Crippen LogP contribution in [0.25, 0.3) is 21.9 Å². The first kappa shape index (κ1) is 30.1. The van der Waals surface area contributed by atoms with Gasteiger partial charge in [-0.15, -0.1) is 0 Å². The van der Waals surface area contributed by atoms with Crippen molar-refractivity contribution in [3.63, 3.8) is 0 Å². The lowest BCUT2D eigenvalue weighted by Gasteiger charge is -2.33. The Hall–Kier alpha value is -4.62. The minimum absolute atomic E-state index is 0.0596. The summed E-state index contributed by atoms with van der Waals surface area (Å²) in [5.41, 5.74) is 3.52. The van der Waals surface area contributed by atoms with E-state index in [1.54, 1.807) is 36.0 Å². The number of carbonyl (C=O) groups excluding carboxylic acids is 1. The van der Waals surface area contributed by atoms with E-state index in [1.807, 2.05) is 18.2 Å². The van der Waals surface area contributed by atoms with Gasteiger partial charge in [-0.1, -0.05) is 42.5 Å². The second-order valence-corrected chi connectivity index (χ2v) is 13.4. The number of benzene rings is 2. The summed E-state index contributed by atoms with van der Waals surface area (Å²) in [6.07, 6.45) is 7.12. The number of aromatic nitrogens is 5. The summed E-state index contributed by atoms with van der Waals surface area (Å²) in [4.78, 5) is 34.0. The Labute approximate surface area is 267 Å². The molecule has 2 N–H and O–H groups in total. The van der Waals surface area contributed by atoms with Crippen molar-refractivity contribution < 1.29 is 17.9 Å². The van der Waals surface area contributed by atoms with Gasteiger partial charge in [-0.3, -0.25) is 4.79 Å². The molecule has 2 aliphatic heterocycles. The Balaban J connectivity index is 1.10. The molecule has 238 valence electrons. The zero-order chi connectivity index (χ0) is 31.7. The number of imidazole rings is 1. The Morgan fingerprint density at radius 1 is 1.07 bits per heavy atom. The molecule has 0 spiro atoms. The van der Waals surface area contributed by atoms with Crippen LogP contribution in [-0.2, 0) is 32.5 Å². The molecular formula is C33H36N8O4S. The van der Waals surface area contributed by atoms with E-state index < -0.39 is 22.0 Å². The molecule has 2 aromatic carbocycles. The summed E-state index contributed by atoms with van der Waals surface area (Å²) in [5, 5.41) is 4.78. The Morgan fingerprint density at radius 3 is 2.74 bits per heavy atom. The summed E-state index contributed by atoms with van der Waals surface area (Å²) >= 11 is 0. The van der Waals surface area contributed by atoms with Crippen LogP contribution in [-0.4, -0.2) is 71.2 Å². The van der Waals surface area contributed by atoms with Gasteiger partial charge in [0.25, 0.3) is 0 Å². The lowest BCUT2D eigenvalue weighted by atomic mass is 9.92. The Bertz CT molecular complexity index is 2000. The van der Waals surface area contributed by atoms with E-state index in [2.05, 4.69) is 42.0 Å². The van der Waals surface area contributed by atoms with Crippen molar-refractivity contribution in [3.05, 3.63) is 78.5 Å². The molecule has 5 heterocycles. The van der Waals surface area contributed by atoms with Crippen molar-refractivity contribution in [1.82, 2.24) is 29.2 Å². The van der Waals surface area contributed by atoms with E-state index in [-0.39, 0.29) is 18.0 Å². The van der Waals surface area contributed by atoms with Crippen molar-refractivity contribution in [2.45, 2.75) is 56.0 Å². The number of rotatable bonds is 9. The number of fused-ring (bicyclic) bond motifs is 3. The van der Waals surface area contributed by atoms with Gasteiger partial charge in [0.1, 0.15) is 18.2 Å². The highest BCUT2D eigenvalue weighted by molar-refractivity contribution is 7.89. The predicted octanol–water partition coefficient (Wildman–Crippen LogP) is 4.03. The number of aryl methyl sites for hydroxylation is 1. The minimum atomic E-state index is -4.10. The topological polar surface area (TPSA) is 144 Å². The average Bonchev–Trinajstić information content (AvgIpc) is 3.50. The van der Waals surface area contributed by atoms with Crippen LogP contribution in [0.2, 0.25) is 0 Å². The van der Waals surface area contributed by atoms with E-state index >= 15 is 0 Å². The number of hydrogen-bond acceptors (Lipinski definition) is 10. The van der Waals surface area contributed by atoms with Gasteiger partial charge in [0, 0.05) is 36.6 Å². The first-order valence-corrected chi connectivity index (χ1v) is 17.2. The number of hydrogen-bond donors (Lipinski definition) is 2. The molecule has 7 rings (SSSR count). The van der Waals surface area contributed by atoms with Gasteiger partial charge in [0.2, 0.25) is 10.0 Å². The summed E-state index contributed by atoms with van der Waals surface area (Å²) in [6.45, 7) is 4.26. The van der Waals surface area contributed by atoms with Crippen LogP contribution in [0.15, 0.2) is 72.1 Å². The fraction of sp³-hybridized carbons (Fsp3) is 0.364. The van der Waals surface area contributed by atoms with Gasteiger partial charge in [-0.05, 0) is 55.7 Å². The van der Waals surface area contributed by atoms with E-state index in [4.69, 9.17) is 9.72 Å². The van der Waals surface area contributed by atoms with Crippen molar-refractivity contribution in [1.29, 1.82) is 0 Å². The van der Waals surface area contributed by atoms with Crippen LogP contribution >= 0.6 is 0 Å². The third kappa shape index (κ3) is 5.87. The molecule has 12 nitrogen and oxygen atoms in total. The molecule has 0 radical (unpaired) electrons. The normalized spacial score (nSPS) is 16.2. The highest BCUT2D eigenvalue weighted by atomic mass is 32.2. The molecule has 46 heavy (non-hydrogen) atoms. The standard InChI is InChI=1S/C33H36N8O4S/c1-2-45-33(42)27(39-46(43,44)28-11-5-8-22-7-3-4-10-25(22)28)19-41-21-37-29-31(35-20-36-32(29)41)40-17-14-23(15-18-40)26-13-12-24-9-6-16-34-30(24)38-26/h3-5,7-8,10-13,20-21,23,27,39H,2,6,9,14-19H2,1H3,(H,34,38). The van der Waals surface area contributed by atoms with Crippen LogP contribution in [0.3, 0.4) is 0 Å². The van der Waals surface area contributed by atoms with Crippen LogP contribution < -0.4 is 14.9 Å². The number of piperidine rings is 1. The van der Waals surface area contributed by atoms with Crippen molar-refractivity contribution >= 4 is 49.6 Å². The van der Waals surface area contributed by atoms with Crippen LogP contribution in [0.1, 0.15) is 43.4 Å². The van der Waals surface area contributed by atoms with Crippen molar-refractivity contribution in [2.75, 3.05) is 36.5 Å². The van der Waals surface area contributed by atoms with Crippen LogP contribution in [0.5, 0.6) is 0 Å². The maximum atomic E-state index is 13.6. The molecule has 0 amide bonds. The molecule has 2 aliphatic rings. The van der Waals surface area contributed by atoms with Crippen LogP contribution in [0.4, 0.5) is 11.6 Å². The number of ether oxygens (including phenoxy) is 1. The maximum Gasteiger partial charge on any atom is 0.326 e. The molecule has 13 heteroatoms. The fourth-order valence-corrected chi connectivity index (χ4v) is 7.88. The maximum absolute atomic E-state index is 13.6. The molecule has 1 fully saturated rings. The molecule has 1 saturated heterocycles. The molecule has 1 atom stereocenters. The molecule has 0 saturated carbocycles. The van der Waals surface area contributed by atoms with Gasteiger partial charge >= 0.3 is 5.97 Å². The fourth-order valence-electron chi connectivity index (χ4n) is 6.47. The summed E-state index contributed by atoms with van der Waals surface area (Å²) in [7, 11) is -4.10. The van der Waals surface area contributed by atoms with Gasteiger partial charge in [-0.25, -0.2) is 28.4 Å². The Kier molecular flexibility index (Phi) is 8.26. The summed E-state index contributed by atoms with van der Waals surface area (Å²) < 4.78 is 36.8. The zero-order valence-electron chi connectivity index (χ0n) is 25.6. The zero-order valence-corrected chi connectivity index (χ0v) is 26.4. The number of nitrogens with zero attached hydrogens (tertiary/aromatic N) is 6. The van der Waals surface area contributed by atoms with Gasteiger partial charge in [0.15, 0.2) is 17.0 Å². The second-order valence-electron chi connectivity index (χ2n) is 11.7. The quantitative estimate of drug-likeness (QED) is 0.227. The third-order valence-electron chi connectivity index (χ3n) is 8.80. The number of esters is 1. The van der Waals surface area contributed by atoms with E-state index in [9.17, 15) is 13.2 Å². The van der Waals surface area contributed by atoms with Gasteiger partial charge < -0.3 is 19.5 Å². The van der Waals surface area contributed by atoms with E-state index in [0.29, 0.717) is 28.3 Å². The molecule has 3 aromatic heterocycles. The molecule has 1 unspecified atom stereocenters. The largest absolute Gasteiger partial charge is 0.465 e. The number of anilines is 2. The van der Waals surface area contributed by atoms with Crippen LogP contribution in [0, 0.1) is 0 Å². The van der Waals surface area contributed by atoms with E-state index in [1.165, 1.54) is 18.0 Å². The van der Waals surface area contributed by atoms with Gasteiger partial charge in [0.05, 0.1) is 24.4 Å². The monoisotopic (exact) mass is 640 g/mol. The predicted molar refractivity (Wildman–Crippen MR) is 175 cm³/mol. The van der Waals surface area contributed by atoms with Crippen molar-refractivity contribution in [3.8, 4) is 0 Å². The SMILES string of the molecule is CCOC(=O)C(Cn1cnc2c(N3CCC(c4ccc5c(n4)NCCC5)CC3)ncnc21)NS(=O)(=O)c1cccc2ccccc12. The van der Waals surface area contributed by atoms with Crippen molar-refractivity contribution in [2.24, 2.45) is 0 Å². The highest BCUT2D eigenvalue weighted by Gasteiger charge is 2.30. The molecule has 5 aromatic rings. The number of pyridine rings is 1. The summed E-state index contributed by atoms with van der Waals surface area (Å²) in [6, 6.07) is 15.4. The highest BCUT2D eigenvalue weighted by Crippen LogP contribution is 2.33. The minimum Gasteiger partial charge on any atom is -0.465 e. The van der Waals surface area contributed by atoms with E-state index in [0.717, 1.165) is 62.2 Å². The first-order valence-electron chi connectivity index (χ1n) is 15.7. The van der Waals surface area contributed by atoms with Gasteiger partial charge in [-0.2, -0.15) is 4.72 Å². The number of sulfonamides is 1. The second kappa shape index (κ2) is 12.6. The molecule has 0 aliphatic carbocycles. The number of carbonyl (C=O) groups is 1. The lowest BCUT2D eigenvalue weighted by Crippen LogP contribution is -2.44. The summed E-state index contributed by atoms with van der Waals surface area (Å²) in [5.74, 6) is 1.41. The average molecular weight is 641 g/mol. The first-order chi connectivity index (χ1) is 22.4. The lowest BCUT2D eigenvalue weighted by molar-refractivity contribution is -0.145. The smallest absolute Gasteiger partial charge is 0.326 e. The molecule has 0 bridgehead atoms. The number of nitrogens with one attached hydrogen (secondary N) is 2. The molecular weight excluding hydrogens is 604 g/mol. The third-order valence-corrected chi connectivity index (χ3v) is 10.3.